The van der Waals surface area contributed by atoms with Crippen molar-refractivity contribution >= 4 is 53.2 Å². The van der Waals surface area contributed by atoms with E-state index in [9.17, 15) is 0 Å². The van der Waals surface area contributed by atoms with E-state index in [1.807, 2.05) is 0 Å². The fourth-order valence-corrected chi connectivity index (χ4v) is 5.27. The SMILES string of the molecule is CCc1cc2c(-c3ccc(C)cc3)ccc(C)c2[cH-]1.Cc1ccc(-c2ccc(C)c3[cH-]c(C)cc23)cc1.Cl.Cl.[CH3-].[CH3-].[Si]=[Zr]. The Labute approximate surface area is 290 Å². The number of rotatable bonds is 3. The molecule has 43 heavy (non-hydrogen) atoms. The number of fused-ring (bicyclic) bond motifs is 2. The van der Waals surface area contributed by atoms with Crippen LogP contribution in [-0.2, 0) is 29.8 Å². The second-order valence-corrected chi connectivity index (χ2v) is 10.5. The van der Waals surface area contributed by atoms with Gasteiger partial charge in [0, 0.05) is 0 Å². The zero-order chi connectivity index (χ0) is 28.1. The molecule has 2 radical (unpaired) electrons. The Bertz CT molecular complexity index is 1710. The van der Waals surface area contributed by atoms with Crippen molar-refractivity contribution in [2.75, 3.05) is 0 Å². The van der Waals surface area contributed by atoms with Crippen molar-refractivity contribution in [3.05, 3.63) is 145 Å². The molecule has 0 atom stereocenters. The summed E-state index contributed by atoms with van der Waals surface area (Å²) in [7, 11) is 0. The van der Waals surface area contributed by atoms with Crippen molar-refractivity contribution in [2.45, 2.75) is 48.0 Å². The Hall–Kier alpha value is -2.22. The standard InChI is InChI=1S/C19H19.C18H17.2CH3.2ClH.Si.Zr/c1-4-15-11-18-14(3)7-10-17(19(18)12-15)16-8-5-13(2)6-9-16;1-12-4-7-15(8-5-12)16-9-6-14(3)17-10-13(2)11-18(16)17;;;;;;/h5-12H,4H2,1-3H3;4-11H,1-3H3;2*1H3;2*1H;;/q4*-1;;;;. The molecule has 6 aromatic rings. The van der Waals surface area contributed by atoms with E-state index >= 15 is 0 Å². The van der Waals surface area contributed by atoms with Gasteiger partial charge in [-0.05, 0) is 31.4 Å². The Kier molecular flexibility index (Phi) is 17.6. The molecule has 0 amide bonds. The first-order chi connectivity index (χ1) is 18.8. The molecule has 0 unspecified atom stereocenters. The third kappa shape index (κ3) is 9.39. The molecule has 0 aliphatic rings. The van der Waals surface area contributed by atoms with Crippen LogP contribution in [0.2, 0.25) is 0 Å². The summed E-state index contributed by atoms with van der Waals surface area (Å²) in [6, 6.07) is 35.8. The van der Waals surface area contributed by atoms with Gasteiger partial charge in [-0.15, -0.1) is 92.9 Å². The van der Waals surface area contributed by atoms with Gasteiger partial charge in [0.15, 0.2) is 0 Å². The topological polar surface area (TPSA) is 0 Å². The van der Waals surface area contributed by atoms with Gasteiger partial charge in [-0.1, -0.05) is 111 Å². The third-order valence-electron chi connectivity index (χ3n) is 7.55. The number of halogens is 2. The van der Waals surface area contributed by atoms with Crippen LogP contribution in [0.3, 0.4) is 0 Å². The summed E-state index contributed by atoms with van der Waals surface area (Å²) in [5.74, 6) is 0. The van der Waals surface area contributed by atoms with Gasteiger partial charge in [0.1, 0.15) is 0 Å². The van der Waals surface area contributed by atoms with E-state index in [4.69, 9.17) is 0 Å². The molecule has 4 heteroatoms. The average molecular weight is 703 g/mol. The Morgan fingerprint density at radius 1 is 0.558 bits per heavy atom. The first kappa shape index (κ1) is 40.8. The molecule has 0 aromatic heterocycles. The molecule has 0 nitrogen and oxygen atoms in total. The Balaban J connectivity index is 0.000000714. The molecule has 0 saturated heterocycles. The maximum absolute atomic E-state index is 3.06. The van der Waals surface area contributed by atoms with Crippen molar-refractivity contribution in [1.29, 1.82) is 0 Å². The summed E-state index contributed by atoms with van der Waals surface area (Å²) in [6.45, 7) is 16.1. The first-order valence-corrected chi connectivity index (χ1v) is 17.8. The Morgan fingerprint density at radius 3 is 1.37 bits per heavy atom. The molecule has 226 valence electrons. The van der Waals surface area contributed by atoms with Crippen LogP contribution in [0, 0.1) is 49.5 Å². The second-order valence-electron chi connectivity index (χ2n) is 10.5. The molecule has 0 fully saturated rings. The third-order valence-corrected chi connectivity index (χ3v) is 7.55. The van der Waals surface area contributed by atoms with E-state index < -0.39 is 0 Å². The molecule has 0 heterocycles. The molecule has 0 aliphatic carbocycles. The van der Waals surface area contributed by atoms with Crippen LogP contribution in [0.15, 0.2) is 97.1 Å². The number of hydrogen-bond acceptors (Lipinski definition) is 0. The molecule has 0 bridgehead atoms. The average Bonchev–Trinajstić information content (AvgIpc) is 3.57. The van der Waals surface area contributed by atoms with Gasteiger partial charge in [-0.25, -0.2) is 0 Å². The van der Waals surface area contributed by atoms with Crippen molar-refractivity contribution < 1.29 is 23.3 Å². The summed E-state index contributed by atoms with van der Waals surface area (Å²) in [5.41, 5.74) is 13.4. The van der Waals surface area contributed by atoms with Gasteiger partial charge < -0.3 is 14.9 Å². The van der Waals surface area contributed by atoms with Gasteiger partial charge >= 0.3 is 30.2 Å². The second kappa shape index (κ2) is 18.6. The van der Waals surface area contributed by atoms with Crippen LogP contribution in [-0.4, -0.2) is 6.88 Å². The molecule has 0 spiro atoms. The van der Waals surface area contributed by atoms with Crippen LogP contribution in [0.5, 0.6) is 0 Å². The molecule has 6 aromatic carbocycles. The van der Waals surface area contributed by atoms with E-state index in [0.29, 0.717) is 0 Å². The van der Waals surface area contributed by atoms with E-state index in [1.54, 1.807) is 0 Å². The number of aryl methyl sites for hydroxylation is 6. The van der Waals surface area contributed by atoms with Gasteiger partial charge in [0.25, 0.3) is 0 Å². The summed E-state index contributed by atoms with van der Waals surface area (Å²) >= 11 is 1.36. The van der Waals surface area contributed by atoms with Gasteiger partial charge in [0.2, 0.25) is 0 Å². The van der Waals surface area contributed by atoms with Crippen molar-refractivity contribution in [3.8, 4) is 22.3 Å². The summed E-state index contributed by atoms with van der Waals surface area (Å²) in [5, 5.41) is 5.54. The van der Waals surface area contributed by atoms with Crippen LogP contribution < -0.4 is 0 Å². The molecular weight excluding hydrogens is 659 g/mol. The van der Waals surface area contributed by atoms with Crippen LogP contribution in [0.4, 0.5) is 0 Å². The zero-order valence-electron chi connectivity index (χ0n) is 26.8. The van der Waals surface area contributed by atoms with E-state index in [-0.39, 0.29) is 39.7 Å². The number of benzene rings is 4. The normalized spacial score (nSPS) is 9.60. The molecular formula is C39H44Cl2SiZr-4. The van der Waals surface area contributed by atoms with Crippen LogP contribution >= 0.6 is 24.8 Å². The molecule has 0 N–H and O–H groups in total. The molecule has 6 rings (SSSR count). The molecule has 0 aliphatic heterocycles. The monoisotopic (exact) mass is 700 g/mol. The van der Waals surface area contributed by atoms with E-state index in [2.05, 4.69) is 145 Å². The predicted molar refractivity (Wildman–Crippen MR) is 196 cm³/mol. The summed E-state index contributed by atoms with van der Waals surface area (Å²) in [6.07, 6.45) is 1.10. The van der Waals surface area contributed by atoms with Crippen LogP contribution in [0.25, 0.3) is 43.8 Å². The minimum absolute atomic E-state index is 0. The molecule has 0 saturated carbocycles. The van der Waals surface area contributed by atoms with Gasteiger partial charge in [0.05, 0.1) is 0 Å². The van der Waals surface area contributed by atoms with Crippen LogP contribution in [0.1, 0.15) is 40.3 Å². The summed E-state index contributed by atoms with van der Waals surface area (Å²) in [4.78, 5) is 0. The Morgan fingerprint density at radius 2 is 0.953 bits per heavy atom. The van der Waals surface area contributed by atoms with Crippen molar-refractivity contribution in [1.82, 2.24) is 0 Å². The van der Waals surface area contributed by atoms with Crippen molar-refractivity contribution in [3.63, 3.8) is 0 Å². The zero-order valence-corrected chi connectivity index (χ0v) is 31.9. The van der Waals surface area contributed by atoms with Gasteiger partial charge in [-0.2, -0.15) is 12.1 Å². The fraction of sp³-hybridized carbons (Fsp3) is 0.179. The number of hydrogen-bond donors (Lipinski definition) is 0. The van der Waals surface area contributed by atoms with E-state index in [1.165, 1.54) is 101 Å². The maximum atomic E-state index is 3.06. The predicted octanol–water partition coefficient (Wildman–Crippen LogP) is 11.9. The van der Waals surface area contributed by atoms with Crippen molar-refractivity contribution in [2.24, 2.45) is 0 Å². The fourth-order valence-electron chi connectivity index (χ4n) is 5.27. The van der Waals surface area contributed by atoms with Gasteiger partial charge in [-0.3, -0.25) is 0 Å². The van der Waals surface area contributed by atoms with E-state index in [0.717, 1.165) is 6.42 Å². The quantitative estimate of drug-likeness (QED) is 0.127. The minimum atomic E-state index is 0. The summed E-state index contributed by atoms with van der Waals surface area (Å²) < 4.78 is 0. The first-order valence-electron chi connectivity index (χ1n) is 13.6.